The molecule has 1 fully saturated rings. The summed E-state index contributed by atoms with van der Waals surface area (Å²) in [5, 5.41) is 7.09. The van der Waals surface area contributed by atoms with E-state index in [2.05, 4.69) is 20.2 Å². The van der Waals surface area contributed by atoms with Crippen molar-refractivity contribution in [2.24, 2.45) is 0 Å². The van der Waals surface area contributed by atoms with E-state index >= 15 is 0 Å². The lowest BCUT2D eigenvalue weighted by molar-refractivity contribution is -0.124. The fraction of sp³-hybridized carbons (Fsp3) is 0.600. The maximum atomic E-state index is 11.7. The van der Waals surface area contributed by atoms with Crippen LogP contribution < -0.4 is 10.6 Å². The number of fused-ring (bicyclic) bond motifs is 1. The first kappa shape index (κ1) is 10.2. The van der Waals surface area contributed by atoms with E-state index in [1.165, 1.54) is 6.42 Å². The maximum Gasteiger partial charge on any atom is 0.243 e. The van der Waals surface area contributed by atoms with E-state index in [4.69, 9.17) is 0 Å². The predicted octanol–water partition coefficient (Wildman–Crippen LogP) is 0.139. The number of aryl methyl sites for hydroxylation is 1. The van der Waals surface area contributed by atoms with Gasteiger partial charge in [-0.15, -0.1) is 0 Å². The highest BCUT2D eigenvalue weighted by Gasteiger charge is 2.27. The number of amides is 1. The molecule has 3 heterocycles. The zero-order valence-corrected chi connectivity index (χ0v) is 9.72. The molecule has 86 valence electrons. The van der Waals surface area contributed by atoms with Crippen LogP contribution in [0, 0.1) is 0 Å². The summed E-state index contributed by atoms with van der Waals surface area (Å²) in [6.45, 7) is 2.53. The van der Waals surface area contributed by atoms with Crippen molar-refractivity contribution in [2.75, 3.05) is 18.8 Å². The number of piperazine rings is 1. The van der Waals surface area contributed by atoms with E-state index in [1.807, 2.05) is 6.20 Å². The van der Waals surface area contributed by atoms with E-state index in [9.17, 15) is 4.79 Å². The average Bonchev–Trinajstić information content (AvgIpc) is 2.73. The van der Waals surface area contributed by atoms with E-state index in [1.54, 1.807) is 11.8 Å². The van der Waals surface area contributed by atoms with Crippen molar-refractivity contribution in [2.45, 2.75) is 24.2 Å². The minimum atomic E-state index is -0.271. The van der Waals surface area contributed by atoms with Crippen LogP contribution in [-0.2, 0) is 11.3 Å². The van der Waals surface area contributed by atoms with Gasteiger partial charge in [0.1, 0.15) is 6.04 Å². The molecule has 1 amide bonds. The molecule has 2 aliphatic rings. The molecule has 0 bridgehead atoms. The Morgan fingerprint density at radius 2 is 2.44 bits per heavy atom. The molecule has 0 spiro atoms. The number of hydrogen-bond donors (Lipinski definition) is 2. The second kappa shape index (κ2) is 4.10. The first-order valence-electron chi connectivity index (χ1n) is 5.55. The van der Waals surface area contributed by atoms with E-state index in [0.717, 1.165) is 29.7 Å². The van der Waals surface area contributed by atoms with Crippen LogP contribution in [0.3, 0.4) is 0 Å². The molecule has 2 aliphatic heterocycles. The molecular weight excluding hydrogens is 224 g/mol. The number of rotatable bonds is 1. The van der Waals surface area contributed by atoms with Gasteiger partial charge in [0.15, 0.2) is 5.16 Å². The second-order valence-corrected chi connectivity index (χ2v) is 5.08. The zero-order chi connectivity index (χ0) is 11.0. The van der Waals surface area contributed by atoms with Gasteiger partial charge in [0.05, 0.1) is 5.69 Å². The minimum Gasteiger partial charge on any atom is -0.353 e. The lowest BCUT2D eigenvalue weighted by Gasteiger charge is -2.21. The Morgan fingerprint density at radius 1 is 1.50 bits per heavy atom. The highest BCUT2D eigenvalue weighted by Crippen LogP contribution is 2.26. The van der Waals surface area contributed by atoms with Gasteiger partial charge in [0, 0.05) is 31.6 Å². The standard InChI is InChI=1S/C10H14N4OS/c15-9-8(11-2-3-12-9)7-6-14-4-1-5-16-10(14)13-7/h6,8,11H,1-5H2,(H,12,15). The van der Waals surface area contributed by atoms with Gasteiger partial charge >= 0.3 is 0 Å². The van der Waals surface area contributed by atoms with Crippen molar-refractivity contribution in [3.8, 4) is 0 Å². The molecule has 5 nitrogen and oxygen atoms in total. The molecule has 2 N–H and O–H groups in total. The van der Waals surface area contributed by atoms with Crippen molar-refractivity contribution >= 4 is 17.7 Å². The normalized spacial score (nSPS) is 25.0. The van der Waals surface area contributed by atoms with Gasteiger partial charge in [-0.25, -0.2) is 4.98 Å². The molecule has 3 rings (SSSR count). The quantitative estimate of drug-likeness (QED) is 0.730. The number of carbonyl (C=O) groups is 1. The summed E-state index contributed by atoms with van der Waals surface area (Å²) >= 11 is 1.77. The number of imidazole rings is 1. The molecule has 1 aromatic rings. The molecule has 0 aromatic carbocycles. The predicted molar refractivity (Wildman–Crippen MR) is 61.3 cm³/mol. The second-order valence-electron chi connectivity index (χ2n) is 4.02. The monoisotopic (exact) mass is 238 g/mol. The first-order chi connectivity index (χ1) is 7.84. The average molecular weight is 238 g/mol. The van der Waals surface area contributed by atoms with Gasteiger partial charge in [-0.05, 0) is 6.42 Å². The summed E-state index contributed by atoms with van der Waals surface area (Å²) in [6, 6.07) is -0.271. The number of carbonyl (C=O) groups excluding carboxylic acids is 1. The Morgan fingerprint density at radius 3 is 3.25 bits per heavy atom. The van der Waals surface area contributed by atoms with Crippen LogP contribution >= 0.6 is 11.8 Å². The van der Waals surface area contributed by atoms with Crippen molar-refractivity contribution in [3.05, 3.63) is 11.9 Å². The van der Waals surface area contributed by atoms with Crippen molar-refractivity contribution in [1.29, 1.82) is 0 Å². The zero-order valence-electron chi connectivity index (χ0n) is 8.90. The van der Waals surface area contributed by atoms with Gasteiger partial charge in [0.2, 0.25) is 5.91 Å². The molecule has 1 saturated heterocycles. The summed E-state index contributed by atoms with van der Waals surface area (Å²) < 4.78 is 2.15. The first-order valence-corrected chi connectivity index (χ1v) is 6.54. The highest BCUT2D eigenvalue weighted by molar-refractivity contribution is 7.99. The number of hydrogen-bond acceptors (Lipinski definition) is 4. The van der Waals surface area contributed by atoms with Gasteiger partial charge in [0.25, 0.3) is 0 Å². The third kappa shape index (κ3) is 1.72. The molecule has 0 radical (unpaired) electrons. The number of nitrogens with zero attached hydrogens (tertiary/aromatic N) is 2. The Bertz CT molecular complexity index is 393. The Balaban J connectivity index is 1.88. The Hall–Kier alpha value is -1.01. The van der Waals surface area contributed by atoms with Crippen LogP contribution in [0.2, 0.25) is 0 Å². The van der Waals surface area contributed by atoms with Crippen LogP contribution in [0.4, 0.5) is 0 Å². The number of nitrogens with one attached hydrogen (secondary N) is 2. The fourth-order valence-corrected chi connectivity index (χ4v) is 3.00. The van der Waals surface area contributed by atoms with Crippen LogP contribution in [0.25, 0.3) is 0 Å². The minimum absolute atomic E-state index is 0.0340. The lowest BCUT2D eigenvalue weighted by atomic mass is 10.2. The van der Waals surface area contributed by atoms with Crippen LogP contribution in [0.1, 0.15) is 18.2 Å². The summed E-state index contributed by atoms with van der Waals surface area (Å²) in [6.07, 6.45) is 3.18. The molecule has 1 unspecified atom stereocenters. The molecular formula is C10H14N4OS. The van der Waals surface area contributed by atoms with Crippen molar-refractivity contribution in [1.82, 2.24) is 20.2 Å². The Kier molecular flexibility index (Phi) is 2.61. The van der Waals surface area contributed by atoms with Gasteiger partial charge in [-0.3, -0.25) is 10.1 Å². The Labute approximate surface area is 98.0 Å². The number of thioether (sulfide) groups is 1. The fourth-order valence-electron chi connectivity index (χ4n) is 2.07. The van der Waals surface area contributed by atoms with E-state index < -0.39 is 0 Å². The summed E-state index contributed by atoms with van der Waals surface area (Å²) in [4.78, 5) is 16.2. The summed E-state index contributed by atoms with van der Waals surface area (Å²) in [5.41, 5.74) is 0.849. The third-order valence-corrected chi connectivity index (χ3v) is 3.94. The molecule has 6 heteroatoms. The maximum absolute atomic E-state index is 11.7. The lowest BCUT2D eigenvalue weighted by Crippen LogP contribution is -2.47. The van der Waals surface area contributed by atoms with E-state index in [-0.39, 0.29) is 11.9 Å². The summed E-state index contributed by atoms with van der Waals surface area (Å²) in [5.74, 6) is 1.16. The van der Waals surface area contributed by atoms with Gasteiger partial charge in [-0.2, -0.15) is 0 Å². The van der Waals surface area contributed by atoms with Crippen molar-refractivity contribution < 1.29 is 4.79 Å². The van der Waals surface area contributed by atoms with Gasteiger partial charge < -0.3 is 9.88 Å². The molecule has 0 aliphatic carbocycles. The largest absolute Gasteiger partial charge is 0.353 e. The topological polar surface area (TPSA) is 59.0 Å². The van der Waals surface area contributed by atoms with E-state index in [0.29, 0.717) is 6.54 Å². The SMILES string of the molecule is O=C1NCCNC1c1cn2c(n1)SCCC2. The van der Waals surface area contributed by atoms with Crippen LogP contribution in [-0.4, -0.2) is 34.3 Å². The molecule has 1 atom stereocenters. The smallest absolute Gasteiger partial charge is 0.243 e. The van der Waals surface area contributed by atoms with Crippen LogP contribution in [0.5, 0.6) is 0 Å². The van der Waals surface area contributed by atoms with Gasteiger partial charge in [-0.1, -0.05) is 11.8 Å². The van der Waals surface area contributed by atoms with Crippen LogP contribution in [0.15, 0.2) is 11.4 Å². The molecule has 1 aromatic heterocycles. The molecule has 0 saturated carbocycles. The number of aromatic nitrogens is 2. The summed E-state index contributed by atoms with van der Waals surface area (Å²) in [7, 11) is 0. The molecule has 16 heavy (non-hydrogen) atoms. The highest BCUT2D eigenvalue weighted by atomic mass is 32.2. The van der Waals surface area contributed by atoms with Crippen molar-refractivity contribution in [3.63, 3.8) is 0 Å². The third-order valence-electron chi connectivity index (χ3n) is 2.86.